The van der Waals surface area contributed by atoms with Gasteiger partial charge in [0.2, 0.25) is 5.69 Å². The van der Waals surface area contributed by atoms with Crippen molar-refractivity contribution in [3.63, 3.8) is 0 Å². The molecule has 0 amide bonds. The Morgan fingerprint density at radius 1 is 0.793 bits per heavy atom. The van der Waals surface area contributed by atoms with Gasteiger partial charge in [0, 0.05) is 17.0 Å². The van der Waals surface area contributed by atoms with Crippen LogP contribution in [0.25, 0.3) is 43.6 Å². The molecule has 0 N–H and O–H groups in total. The first-order valence-electron chi connectivity index (χ1n) is 9.79. The SMILES string of the molecule is Cc1c2c(c(C)c3ccccc13)-c1c3c(c4ccc(F)cc4cc3cc[n+]1C)O2. The number of benzene rings is 4. The van der Waals surface area contributed by atoms with E-state index >= 15 is 0 Å². The maximum absolute atomic E-state index is 13.9. The van der Waals surface area contributed by atoms with E-state index in [9.17, 15) is 4.39 Å². The van der Waals surface area contributed by atoms with E-state index in [1.165, 1.54) is 22.4 Å². The highest BCUT2D eigenvalue weighted by molar-refractivity contribution is 6.13. The van der Waals surface area contributed by atoms with Gasteiger partial charge in [-0.25, -0.2) is 8.96 Å². The quantitative estimate of drug-likeness (QED) is 0.217. The molecule has 4 aromatic carbocycles. The number of nitrogens with zero attached hydrogens (tertiary/aromatic N) is 1. The average Bonchev–Trinajstić information content (AvgIpc) is 2.73. The second-order valence-corrected chi connectivity index (χ2v) is 7.91. The van der Waals surface area contributed by atoms with E-state index in [0.717, 1.165) is 49.9 Å². The third kappa shape index (κ3) is 2.07. The smallest absolute Gasteiger partial charge is 0.228 e. The standard InChI is InChI=1S/C26H19FNO/c1-14-19-6-4-5-7-20(19)15(2)25-22(14)24-23-16(10-11-28(24)3)12-17-13-18(27)8-9-21(17)26(23)29-25/h4-13H,1-3H3/q+1. The molecule has 0 atom stereocenters. The van der Waals surface area contributed by atoms with Crippen LogP contribution < -0.4 is 9.30 Å². The molecule has 0 bridgehead atoms. The van der Waals surface area contributed by atoms with Crippen LogP contribution in [0, 0.1) is 19.7 Å². The van der Waals surface area contributed by atoms with E-state index in [2.05, 4.69) is 68.1 Å². The summed E-state index contributed by atoms with van der Waals surface area (Å²) in [5.41, 5.74) is 4.64. The summed E-state index contributed by atoms with van der Waals surface area (Å²) >= 11 is 0. The number of fused-ring (bicyclic) bond motifs is 5. The van der Waals surface area contributed by atoms with Crippen LogP contribution >= 0.6 is 0 Å². The number of halogens is 1. The minimum Gasteiger partial charge on any atom is -0.455 e. The number of hydrogen-bond acceptors (Lipinski definition) is 1. The van der Waals surface area contributed by atoms with Crippen LogP contribution in [0.2, 0.25) is 0 Å². The molecular formula is C26H19FNO+. The van der Waals surface area contributed by atoms with Gasteiger partial charge in [-0.05, 0) is 65.2 Å². The summed E-state index contributed by atoms with van der Waals surface area (Å²) in [5, 5.41) is 6.37. The molecule has 0 saturated carbocycles. The average molecular weight is 380 g/mol. The highest BCUT2D eigenvalue weighted by Gasteiger charge is 2.32. The van der Waals surface area contributed by atoms with Gasteiger partial charge in [0.25, 0.3) is 0 Å². The molecule has 2 heterocycles. The van der Waals surface area contributed by atoms with Crippen LogP contribution in [0.1, 0.15) is 11.1 Å². The second-order valence-electron chi connectivity index (χ2n) is 7.91. The van der Waals surface area contributed by atoms with Gasteiger partial charge in [-0.2, -0.15) is 0 Å². The van der Waals surface area contributed by atoms with Gasteiger partial charge >= 0.3 is 0 Å². The Labute approximate surface area is 167 Å². The lowest BCUT2D eigenvalue weighted by atomic mass is 9.88. The molecule has 1 aromatic heterocycles. The van der Waals surface area contributed by atoms with Crippen molar-refractivity contribution in [3.8, 4) is 22.8 Å². The van der Waals surface area contributed by atoms with Crippen LogP contribution in [0.15, 0.2) is 60.8 Å². The number of ether oxygens (including phenoxy) is 1. The minimum absolute atomic E-state index is 0.236. The van der Waals surface area contributed by atoms with Crippen molar-refractivity contribution < 1.29 is 13.7 Å². The second kappa shape index (κ2) is 5.54. The molecule has 0 unspecified atom stereocenters. The predicted octanol–water partition coefficient (Wildman–Crippen LogP) is 6.50. The van der Waals surface area contributed by atoms with Gasteiger partial charge in [-0.1, -0.05) is 24.3 Å². The highest BCUT2D eigenvalue weighted by Crippen LogP contribution is 2.52. The molecule has 1 aliphatic rings. The van der Waals surface area contributed by atoms with Crippen molar-refractivity contribution in [1.82, 2.24) is 0 Å². The summed E-state index contributed by atoms with van der Waals surface area (Å²) in [5.74, 6) is 1.47. The Kier molecular flexibility index (Phi) is 3.15. The first kappa shape index (κ1) is 16.5. The molecule has 6 rings (SSSR count). The number of pyridine rings is 1. The Bertz CT molecular complexity index is 1520. The summed E-state index contributed by atoms with van der Waals surface area (Å²) in [6.45, 7) is 4.29. The molecule has 3 heteroatoms. The Morgan fingerprint density at radius 2 is 1.55 bits per heavy atom. The molecular weight excluding hydrogens is 361 g/mol. The van der Waals surface area contributed by atoms with Crippen LogP contribution in [0.3, 0.4) is 0 Å². The summed E-state index contributed by atoms with van der Waals surface area (Å²) in [6.07, 6.45) is 2.08. The van der Waals surface area contributed by atoms with E-state index in [1.807, 2.05) is 6.07 Å². The van der Waals surface area contributed by atoms with Gasteiger partial charge in [-0.3, -0.25) is 0 Å². The van der Waals surface area contributed by atoms with Crippen molar-refractivity contribution in [2.45, 2.75) is 13.8 Å². The fourth-order valence-corrected chi connectivity index (χ4v) is 4.86. The van der Waals surface area contributed by atoms with Gasteiger partial charge in [-0.15, -0.1) is 0 Å². The number of aryl methyl sites for hydroxylation is 3. The summed E-state index contributed by atoms with van der Waals surface area (Å²) in [6, 6.07) is 17.5. The maximum Gasteiger partial charge on any atom is 0.228 e. The molecule has 140 valence electrons. The number of rotatable bonds is 0. The number of aromatic nitrogens is 1. The van der Waals surface area contributed by atoms with Crippen LogP contribution in [-0.2, 0) is 7.05 Å². The molecule has 29 heavy (non-hydrogen) atoms. The normalized spacial score (nSPS) is 12.4. The van der Waals surface area contributed by atoms with Gasteiger partial charge in [0.1, 0.15) is 24.4 Å². The van der Waals surface area contributed by atoms with Crippen molar-refractivity contribution in [3.05, 3.63) is 77.7 Å². The molecule has 0 radical (unpaired) electrons. The van der Waals surface area contributed by atoms with Crippen LogP contribution in [-0.4, -0.2) is 0 Å². The van der Waals surface area contributed by atoms with Crippen molar-refractivity contribution in [2.75, 3.05) is 0 Å². The van der Waals surface area contributed by atoms with Crippen LogP contribution in [0.4, 0.5) is 4.39 Å². The lowest BCUT2D eigenvalue weighted by Crippen LogP contribution is -2.32. The summed E-state index contributed by atoms with van der Waals surface area (Å²) < 4.78 is 22.7. The van der Waals surface area contributed by atoms with Crippen molar-refractivity contribution >= 4 is 32.3 Å². The fraction of sp³-hybridized carbons (Fsp3) is 0.115. The maximum atomic E-state index is 13.9. The van der Waals surface area contributed by atoms with Crippen LogP contribution in [0.5, 0.6) is 11.5 Å². The highest BCUT2D eigenvalue weighted by atomic mass is 19.1. The Morgan fingerprint density at radius 3 is 2.34 bits per heavy atom. The Balaban J connectivity index is 1.87. The zero-order chi connectivity index (χ0) is 19.9. The Hall–Kier alpha value is -3.46. The summed E-state index contributed by atoms with van der Waals surface area (Å²) in [4.78, 5) is 0. The third-order valence-corrected chi connectivity index (χ3v) is 6.27. The van der Waals surface area contributed by atoms with Gasteiger partial charge < -0.3 is 4.74 Å². The van der Waals surface area contributed by atoms with Gasteiger partial charge in [0.15, 0.2) is 6.20 Å². The van der Waals surface area contributed by atoms with E-state index in [0.29, 0.717) is 0 Å². The largest absolute Gasteiger partial charge is 0.455 e. The molecule has 1 aliphatic heterocycles. The minimum atomic E-state index is -0.236. The monoisotopic (exact) mass is 380 g/mol. The molecule has 0 aliphatic carbocycles. The van der Waals surface area contributed by atoms with E-state index in [1.54, 1.807) is 6.07 Å². The lowest BCUT2D eigenvalue weighted by Gasteiger charge is -2.25. The molecule has 0 spiro atoms. The van der Waals surface area contributed by atoms with Crippen molar-refractivity contribution in [2.24, 2.45) is 7.05 Å². The first-order chi connectivity index (χ1) is 14.0. The summed E-state index contributed by atoms with van der Waals surface area (Å²) in [7, 11) is 2.08. The third-order valence-electron chi connectivity index (χ3n) is 6.27. The van der Waals surface area contributed by atoms with Crippen molar-refractivity contribution in [1.29, 1.82) is 0 Å². The first-order valence-corrected chi connectivity index (χ1v) is 9.79. The zero-order valence-electron chi connectivity index (χ0n) is 16.5. The molecule has 0 fully saturated rings. The number of hydrogen-bond donors (Lipinski definition) is 0. The predicted molar refractivity (Wildman–Crippen MR) is 115 cm³/mol. The van der Waals surface area contributed by atoms with Gasteiger partial charge in [0.05, 0.1) is 10.9 Å². The van der Waals surface area contributed by atoms with E-state index < -0.39 is 0 Å². The van der Waals surface area contributed by atoms with E-state index in [4.69, 9.17) is 4.74 Å². The molecule has 5 aromatic rings. The van der Waals surface area contributed by atoms with E-state index in [-0.39, 0.29) is 5.82 Å². The lowest BCUT2D eigenvalue weighted by molar-refractivity contribution is -0.659. The molecule has 0 saturated heterocycles. The molecule has 2 nitrogen and oxygen atoms in total. The zero-order valence-corrected chi connectivity index (χ0v) is 16.5. The fourth-order valence-electron chi connectivity index (χ4n) is 4.86. The topological polar surface area (TPSA) is 13.1 Å².